The molecule has 2 rings (SSSR count). The first-order valence-corrected chi connectivity index (χ1v) is 7.54. The van der Waals surface area contributed by atoms with Crippen LogP contribution in [0, 0.1) is 11.8 Å². The summed E-state index contributed by atoms with van der Waals surface area (Å²) in [4.78, 5) is 0. The van der Waals surface area contributed by atoms with Crippen LogP contribution in [0.2, 0.25) is 5.28 Å². The Morgan fingerprint density at radius 3 is 2.78 bits per heavy atom. The highest BCUT2D eigenvalue weighted by Crippen LogP contribution is 2.31. The molecule has 2 atom stereocenters. The average molecular weight is 270 g/mol. The number of hydrogen-bond acceptors (Lipinski definition) is 2. The quantitative estimate of drug-likeness (QED) is 0.817. The zero-order valence-electron chi connectivity index (χ0n) is 11.7. The van der Waals surface area contributed by atoms with Gasteiger partial charge in [0.1, 0.15) is 5.82 Å². The van der Waals surface area contributed by atoms with Crippen LogP contribution in [-0.2, 0) is 6.54 Å². The molecule has 102 valence electrons. The number of nitrogens with zero attached hydrogens (tertiary/aromatic N) is 3. The predicted octanol–water partition coefficient (Wildman–Crippen LogP) is 4.27. The molecule has 0 spiro atoms. The van der Waals surface area contributed by atoms with Crippen LogP contribution in [0.5, 0.6) is 0 Å². The van der Waals surface area contributed by atoms with Crippen LogP contribution in [0.25, 0.3) is 0 Å². The maximum absolute atomic E-state index is 6.12. The third-order valence-corrected chi connectivity index (χ3v) is 4.34. The van der Waals surface area contributed by atoms with Crippen LogP contribution in [0.3, 0.4) is 0 Å². The van der Waals surface area contributed by atoms with E-state index in [1.165, 1.54) is 32.1 Å². The van der Waals surface area contributed by atoms with E-state index in [9.17, 15) is 0 Å². The van der Waals surface area contributed by atoms with Crippen LogP contribution >= 0.6 is 11.6 Å². The molecule has 0 aromatic carbocycles. The van der Waals surface area contributed by atoms with Crippen molar-refractivity contribution >= 4 is 11.6 Å². The highest BCUT2D eigenvalue weighted by Gasteiger charge is 2.20. The van der Waals surface area contributed by atoms with E-state index >= 15 is 0 Å². The molecule has 2 unspecified atom stereocenters. The molecule has 1 aromatic heterocycles. The highest BCUT2D eigenvalue weighted by atomic mass is 35.5. The van der Waals surface area contributed by atoms with Gasteiger partial charge in [0, 0.05) is 12.5 Å². The van der Waals surface area contributed by atoms with Gasteiger partial charge in [-0.25, -0.2) is 0 Å². The maximum atomic E-state index is 6.12. The number of halogens is 1. The van der Waals surface area contributed by atoms with E-state index in [1.807, 2.05) is 0 Å². The summed E-state index contributed by atoms with van der Waals surface area (Å²) in [6.07, 6.45) is 6.75. The summed E-state index contributed by atoms with van der Waals surface area (Å²) in [6, 6.07) is 0. The molecule has 3 nitrogen and oxygen atoms in total. The lowest BCUT2D eigenvalue weighted by molar-refractivity contribution is 0.260. The van der Waals surface area contributed by atoms with Gasteiger partial charge in [0.25, 0.3) is 0 Å². The highest BCUT2D eigenvalue weighted by molar-refractivity contribution is 6.28. The second-order valence-corrected chi connectivity index (χ2v) is 6.40. The van der Waals surface area contributed by atoms with Crippen LogP contribution < -0.4 is 0 Å². The summed E-state index contributed by atoms with van der Waals surface area (Å²) in [6.45, 7) is 7.62. The van der Waals surface area contributed by atoms with Crippen molar-refractivity contribution in [3.05, 3.63) is 11.1 Å². The van der Waals surface area contributed by atoms with E-state index < -0.39 is 0 Å². The van der Waals surface area contributed by atoms with Gasteiger partial charge in [-0.3, -0.25) is 0 Å². The number of hydrogen-bond donors (Lipinski definition) is 0. The Labute approximate surface area is 115 Å². The van der Waals surface area contributed by atoms with Gasteiger partial charge in [-0.2, -0.15) is 0 Å². The van der Waals surface area contributed by atoms with Gasteiger partial charge in [0.05, 0.1) is 0 Å². The van der Waals surface area contributed by atoms with Crippen molar-refractivity contribution in [2.45, 2.75) is 65.3 Å². The smallest absolute Gasteiger partial charge is 0.225 e. The van der Waals surface area contributed by atoms with Crippen molar-refractivity contribution in [1.82, 2.24) is 14.8 Å². The van der Waals surface area contributed by atoms with Crippen LogP contribution in [-0.4, -0.2) is 14.8 Å². The van der Waals surface area contributed by atoms with Crippen molar-refractivity contribution in [3.63, 3.8) is 0 Å². The van der Waals surface area contributed by atoms with Gasteiger partial charge in [-0.15, -0.1) is 10.2 Å². The van der Waals surface area contributed by atoms with Crippen molar-refractivity contribution in [3.8, 4) is 0 Å². The third kappa shape index (κ3) is 3.25. The fourth-order valence-electron chi connectivity index (χ4n) is 3.06. The number of rotatable bonds is 4. The lowest BCUT2D eigenvalue weighted by Gasteiger charge is -2.27. The summed E-state index contributed by atoms with van der Waals surface area (Å²) >= 11 is 6.12. The molecule has 1 heterocycles. The van der Waals surface area contributed by atoms with Crippen LogP contribution in [0.4, 0.5) is 0 Å². The van der Waals surface area contributed by atoms with Crippen LogP contribution in [0.15, 0.2) is 0 Å². The molecule has 0 N–H and O–H groups in total. The molecule has 1 aromatic rings. The van der Waals surface area contributed by atoms with E-state index in [0.717, 1.165) is 24.2 Å². The molecule has 0 radical (unpaired) electrons. The largest absolute Gasteiger partial charge is 0.302 e. The molecule has 0 aliphatic heterocycles. The lowest BCUT2D eigenvalue weighted by atomic mass is 9.81. The van der Waals surface area contributed by atoms with E-state index in [-0.39, 0.29) is 0 Å². The van der Waals surface area contributed by atoms with Gasteiger partial charge in [0.2, 0.25) is 5.28 Å². The van der Waals surface area contributed by atoms with Crippen molar-refractivity contribution < 1.29 is 0 Å². The first-order chi connectivity index (χ1) is 8.58. The summed E-state index contributed by atoms with van der Waals surface area (Å²) in [5, 5.41) is 8.71. The fourth-order valence-corrected chi connectivity index (χ4v) is 3.27. The van der Waals surface area contributed by atoms with Gasteiger partial charge in [-0.1, -0.05) is 40.0 Å². The monoisotopic (exact) mass is 269 g/mol. The summed E-state index contributed by atoms with van der Waals surface area (Å²) in [5.74, 6) is 3.15. The zero-order valence-corrected chi connectivity index (χ0v) is 12.5. The van der Waals surface area contributed by atoms with Crippen molar-refractivity contribution in [2.75, 3.05) is 0 Å². The topological polar surface area (TPSA) is 30.7 Å². The molecule has 0 saturated heterocycles. The van der Waals surface area contributed by atoms with E-state index in [1.54, 1.807) is 0 Å². The minimum atomic E-state index is 0.385. The third-order valence-electron chi connectivity index (χ3n) is 4.06. The second-order valence-electron chi connectivity index (χ2n) is 6.06. The van der Waals surface area contributed by atoms with Crippen molar-refractivity contribution in [1.29, 1.82) is 0 Å². The second kappa shape index (κ2) is 6.05. The molecule has 1 aliphatic carbocycles. The summed E-state index contributed by atoms with van der Waals surface area (Å²) in [5.41, 5.74) is 0. The van der Waals surface area contributed by atoms with E-state index in [4.69, 9.17) is 11.6 Å². The molecule has 4 heteroatoms. The van der Waals surface area contributed by atoms with E-state index in [0.29, 0.717) is 11.2 Å². The average Bonchev–Trinajstić information content (AvgIpc) is 2.68. The first kappa shape index (κ1) is 13.9. The Morgan fingerprint density at radius 1 is 1.33 bits per heavy atom. The molecular formula is C14H24ClN3. The molecule has 0 bridgehead atoms. The Bertz CT molecular complexity index is 386. The van der Waals surface area contributed by atoms with Crippen LogP contribution in [0.1, 0.15) is 64.6 Å². The molecule has 18 heavy (non-hydrogen) atoms. The van der Waals surface area contributed by atoms with Gasteiger partial charge in [-0.05, 0) is 36.3 Å². The Hall–Kier alpha value is -0.570. The molecule has 1 saturated carbocycles. The Morgan fingerprint density at radius 2 is 2.11 bits per heavy atom. The first-order valence-electron chi connectivity index (χ1n) is 7.16. The standard InChI is InChI=1S/C14H24ClN3/c1-10(2)13-16-17-14(15)18(13)8-7-12-6-4-5-11(3)9-12/h10-12H,4-9H2,1-3H3. The van der Waals surface area contributed by atoms with Gasteiger partial charge < -0.3 is 4.57 Å². The molecule has 0 amide bonds. The van der Waals surface area contributed by atoms with E-state index in [2.05, 4.69) is 35.5 Å². The lowest BCUT2D eigenvalue weighted by Crippen LogP contribution is -2.16. The molecule has 1 aliphatic rings. The normalized spacial score (nSPS) is 24.7. The Kier molecular flexibility index (Phi) is 4.66. The van der Waals surface area contributed by atoms with Gasteiger partial charge >= 0.3 is 0 Å². The predicted molar refractivity (Wildman–Crippen MR) is 74.9 cm³/mol. The summed E-state index contributed by atoms with van der Waals surface area (Å²) in [7, 11) is 0. The minimum Gasteiger partial charge on any atom is -0.302 e. The Balaban J connectivity index is 1.95. The minimum absolute atomic E-state index is 0.385. The molecular weight excluding hydrogens is 246 g/mol. The zero-order chi connectivity index (χ0) is 13.1. The van der Waals surface area contributed by atoms with Gasteiger partial charge in [0.15, 0.2) is 0 Å². The number of aromatic nitrogens is 3. The maximum Gasteiger partial charge on any atom is 0.225 e. The fraction of sp³-hybridized carbons (Fsp3) is 0.857. The SMILES string of the molecule is CC1CCCC(CCn2c(Cl)nnc2C(C)C)C1. The summed E-state index contributed by atoms with van der Waals surface area (Å²) < 4.78 is 2.09. The molecule has 1 fully saturated rings. The van der Waals surface area contributed by atoms with Crippen molar-refractivity contribution in [2.24, 2.45) is 11.8 Å².